The number of thiophene rings is 1. The second-order valence-electron chi connectivity index (χ2n) is 5.81. The molecule has 2 aliphatic heterocycles. The van der Waals surface area contributed by atoms with Crippen LogP contribution in [-0.2, 0) is 16.4 Å². The van der Waals surface area contributed by atoms with Crippen molar-refractivity contribution in [2.45, 2.75) is 35.9 Å². The molecule has 118 valence electrons. The summed E-state index contributed by atoms with van der Waals surface area (Å²) in [6.45, 7) is 3.80. The molecule has 0 aromatic carbocycles. The predicted molar refractivity (Wildman–Crippen MR) is 85.0 cm³/mol. The fraction of sp³-hybridized carbons (Fsp3) is 0.714. The first-order chi connectivity index (χ1) is 10.1. The summed E-state index contributed by atoms with van der Waals surface area (Å²) in [6.07, 6.45) is 4.33. The van der Waals surface area contributed by atoms with Crippen molar-refractivity contribution in [1.82, 2.24) is 9.21 Å². The molecule has 1 unspecified atom stereocenters. The Morgan fingerprint density at radius 3 is 2.90 bits per heavy atom. The molecular weight excluding hydrogens is 306 g/mol. The van der Waals surface area contributed by atoms with Gasteiger partial charge in [-0.05, 0) is 44.5 Å². The Hall–Kier alpha value is -0.470. The van der Waals surface area contributed by atoms with E-state index in [0.717, 1.165) is 30.8 Å². The molecule has 0 radical (unpaired) electrons. The number of hydrogen-bond donors (Lipinski definition) is 1. The fourth-order valence-corrected chi connectivity index (χ4v) is 6.24. The molecule has 3 heterocycles. The Kier molecular flexibility index (Phi) is 4.66. The predicted octanol–water partition coefficient (Wildman–Crippen LogP) is 1.11. The molecule has 21 heavy (non-hydrogen) atoms. The maximum atomic E-state index is 12.8. The molecule has 5 nitrogen and oxygen atoms in total. The summed E-state index contributed by atoms with van der Waals surface area (Å²) in [7, 11) is -3.33. The molecule has 2 saturated heterocycles. The Balaban J connectivity index is 1.75. The van der Waals surface area contributed by atoms with E-state index in [1.807, 2.05) is 6.07 Å². The van der Waals surface area contributed by atoms with Crippen LogP contribution in [0, 0.1) is 0 Å². The minimum absolute atomic E-state index is 0.408. The van der Waals surface area contributed by atoms with Crippen LogP contribution in [0.4, 0.5) is 0 Å². The molecule has 2 N–H and O–H groups in total. The van der Waals surface area contributed by atoms with Gasteiger partial charge in [-0.25, -0.2) is 8.42 Å². The maximum absolute atomic E-state index is 12.8. The van der Waals surface area contributed by atoms with Crippen LogP contribution in [0.15, 0.2) is 16.3 Å². The van der Waals surface area contributed by atoms with E-state index in [-0.39, 0.29) is 0 Å². The van der Waals surface area contributed by atoms with Gasteiger partial charge in [0.15, 0.2) is 0 Å². The van der Waals surface area contributed by atoms with Crippen molar-refractivity contribution in [2.75, 3.05) is 32.7 Å². The van der Waals surface area contributed by atoms with E-state index in [2.05, 4.69) is 4.90 Å². The van der Waals surface area contributed by atoms with Gasteiger partial charge in [0.2, 0.25) is 0 Å². The van der Waals surface area contributed by atoms with E-state index in [4.69, 9.17) is 5.73 Å². The molecule has 2 aliphatic rings. The van der Waals surface area contributed by atoms with Gasteiger partial charge >= 0.3 is 0 Å². The zero-order valence-electron chi connectivity index (χ0n) is 12.2. The van der Waals surface area contributed by atoms with Gasteiger partial charge in [-0.15, -0.1) is 11.3 Å². The van der Waals surface area contributed by atoms with Gasteiger partial charge in [0.25, 0.3) is 10.0 Å². The third-order valence-electron chi connectivity index (χ3n) is 4.42. The first-order valence-corrected chi connectivity index (χ1v) is 9.90. The lowest BCUT2D eigenvalue weighted by atomic mass is 10.0. The molecule has 1 atom stereocenters. The third kappa shape index (κ3) is 3.17. The van der Waals surface area contributed by atoms with Crippen LogP contribution >= 0.6 is 11.3 Å². The molecule has 0 bridgehead atoms. The Morgan fingerprint density at radius 2 is 2.10 bits per heavy atom. The van der Waals surface area contributed by atoms with Crippen molar-refractivity contribution in [3.8, 4) is 0 Å². The summed E-state index contributed by atoms with van der Waals surface area (Å²) in [5.74, 6) is 0. The molecular formula is C14H23N3O2S2. The van der Waals surface area contributed by atoms with Crippen LogP contribution in [0.1, 0.15) is 24.1 Å². The normalized spacial score (nSPS) is 24.9. The van der Waals surface area contributed by atoms with Crippen LogP contribution in [0.3, 0.4) is 0 Å². The number of rotatable bonds is 4. The van der Waals surface area contributed by atoms with E-state index in [1.54, 1.807) is 10.4 Å². The van der Waals surface area contributed by atoms with Crippen molar-refractivity contribution in [2.24, 2.45) is 5.73 Å². The molecule has 1 aromatic heterocycles. The Bertz CT molecular complexity index is 585. The standard InChI is InChI=1S/C14H23N3O2S2/c15-7-6-13-4-5-14(20-13)21(18,19)17-10-9-16-8-2-1-3-12(16)11-17/h4-5,12H,1-3,6-11,15H2. The van der Waals surface area contributed by atoms with E-state index < -0.39 is 10.0 Å². The summed E-state index contributed by atoms with van der Waals surface area (Å²) in [5, 5.41) is 0. The van der Waals surface area contributed by atoms with Crippen molar-refractivity contribution in [1.29, 1.82) is 0 Å². The lowest BCUT2D eigenvalue weighted by molar-refractivity contribution is 0.0852. The largest absolute Gasteiger partial charge is 0.330 e. The van der Waals surface area contributed by atoms with Gasteiger partial charge < -0.3 is 5.73 Å². The average Bonchev–Trinajstić information content (AvgIpc) is 2.96. The fourth-order valence-electron chi connectivity index (χ4n) is 3.25. The smallest absolute Gasteiger partial charge is 0.252 e. The summed E-state index contributed by atoms with van der Waals surface area (Å²) >= 11 is 1.36. The highest BCUT2D eigenvalue weighted by Crippen LogP contribution is 2.29. The number of nitrogens with two attached hydrogens (primary N) is 1. The Labute approximate surface area is 130 Å². The van der Waals surface area contributed by atoms with Gasteiger partial charge in [0, 0.05) is 30.6 Å². The molecule has 0 saturated carbocycles. The Morgan fingerprint density at radius 1 is 1.24 bits per heavy atom. The van der Waals surface area contributed by atoms with Crippen LogP contribution < -0.4 is 5.73 Å². The number of fused-ring (bicyclic) bond motifs is 1. The monoisotopic (exact) mass is 329 g/mol. The molecule has 0 aliphatic carbocycles. The summed E-state index contributed by atoms with van der Waals surface area (Å²) < 4.78 is 27.7. The van der Waals surface area contributed by atoms with Gasteiger partial charge in [-0.2, -0.15) is 4.31 Å². The summed E-state index contributed by atoms with van der Waals surface area (Å²) in [6, 6.07) is 4.03. The van der Waals surface area contributed by atoms with Crippen molar-refractivity contribution >= 4 is 21.4 Å². The van der Waals surface area contributed by atoms with Crippen LogP contribution in [-0.4, -0.2) is 56.4 Å². The first-order valence-electron chi connectivity index (χ1n) is 7.64. The van der Waals surface area contributed by atoms with E-state index in [1.165, 1.54) is 24.2 Å². The number of piperazine rings is 1. The molecule has 0 spiro atoms. The minimum atomic E-state index is -3.33. The zero-order valence-corrected chi connectivity index (χ0v) is 13.8. The van der Waals surface area contributed by atoms with Crippen LogP contribution in [0.5, 0.6) is 0 Å². The number of nitrogens with zero attached hydrogens (tertiary/aromatic N) is 2. The van der Waals surface area contributed by atoms with Gasteiger partial charge in [-0.1, -0.05) is 6.42 Å². The molecule has 7 heteroatoms. The van der Waals surface area contributed by atoms with Crippen LogP contribution in [0.2, 0.25) is 0 Å². The quantitative estimate of drug-likeness (QED) is 0.898. The SMILES string of the molecule is NCCc1ccc(S(=O)(=O)N2CCN3CCCCC3C2)s1. The van der Waals surface area contributed by atoms with Crippen molar-refractivity contribution in [3.63, 3.8) is 0 Å². The maximum Gasteiger partial charge on any atom is 0.252 e. The van der Waals surface area contributed by atoms with E-state index in [9.17, 15) is 8.42 Å². The molecule has 3 rings (SSSR count). The summed E-state index contributed by atoms with van der Waals surface area (Å²) in [5.41, 5.74) is 5.54. The van der Waals surface area contributed by atoms with E-state index >= 15 is 0 Å². The minimum Gasteiger partial charge on any atom is -0.330 e. The van der Waals surface area contributed by atoms with E-state index in [0.29, 0.717) is 29.9 Å². The molecule has 0 amide bonds. The highest BCUT2D eigenvalue weighted by Gasteiger charge is 2.35. The third-order valence-corrected chi connectivity index (χ3v) is 7.90. The van der Waals surface area contributed by atoms with Crippen LogP contribution in [0.25, 0.3) is 0 Å². The lowest BCUT2D eigenvalue weighted by Crippen LogP contribution is -2.55. The van der Waals surface area contributed by atoms with Gasteiger partial charge in [0.05, 0.1) is 0 Å². The lowest BCUT2D eigenvalue weighted by Gasteiger charge is -2.43. The van der Waals surface area contributed by atoms with Crippen molar-refractivity contribution < 1.29 is 8.42 Å². The van der Waals surface area contributed by atoms with Crippen molar-refractivity contribution in [3.05, 3.63) is 17.0 Å². The first kappa shape index (κ1) is 15.4. The van der Waals surface area contributed by atoms with Gasteiger partial charge in [-0.3, -0.25) is 4.90 Å². The number of piperidine rings is 1. The topological polar surface area (TPSA) is 66.6 Å². The zero-order chi connectivity index (χ0) is 14.9. The number of sulfonamides is 1. The second-order valence-corrected chi connectivity index (χ2v) is 9.14. The average molecular weight is 329 g/mol. The highest BCUT2D eigenvalue weighted by atomic mass is 32.2. The molecule has 2 fully saturated rings. The van der Waals surface area contributed by atoms with Gasteiger partial charge in [0.1, 0.15) is 4.21 Å². The number of hydrogen-bond acceptors (Lipinski definition) is 5. The highest BCUT2D eigenvalue weighted by molar-refractivity contribution is 7.91. The molecule has 1 aromatic rings. The summed E-state index contributed by atoms with van der Waals surface area (Å²) in [4.78, 5) is 3.50. The second kappa shape index (κ2) is 6.34.